The van der Waals surface area contributed by atoms with Crippen LogP contribution in [0.1, 0.15) is 73.6 Å². The fourth-order valence-electron chi connectivity index (χ4n) is 3.64. The molecule has 0 bridgehead atoms. The topological polar surface area (TPSA) is 115 Å². The average Bonchev–Trinajstić information content (AvgIpc) is 2.81. The van der Waals surface area contributed by atoms with E-state index in [0.29, 0.717) is 17.5 Å². The van der Waals surface area contributed by atoms with Crippen LogP contribution in [0.3, 0.4) is 0 Å². The lowest BCUT2D eigenvalue weighted by Gasteiger charge is -2.40. The molecule has 0 fully saturated rings. The normalized spacial score (nSPS) is 12.2. The molecule has 2 rings (SSSR count). The molecule has 4 N–H and O–H groups in total. The van der Waals surface area contributed by atoms with Gasteiger partial charge in [-0.15, -0.1) is 6.58 Å². The lowest BCUT2D eigenvalue weighted by Crippen LogP contribution is -2.43. The molecule has 0 aliphatic rings. The maximum Gasteiger partial charge on any atom is 0.335 e. The fourth-order valence-corrected chi connectivity index (χ4v) is 3.64. The van der Waals surface area contributed by atoms with Crippen molar-refractivity contribution < 1.29 is 30.0 Å². The zero-order valence-corrected chi connectivity index (χ0v) is 19.9. The third-order valence-electron chi connectivity index (χ3n) is 5.36. The Morgan fingerprint density at radius 2 is 1.21 bits per heavy atom. The lowest BCUT2D eigenvalue weighted by molar-refractivity contribution is -0.0730. The third-order valence-corrected chi connectivity index (χ3v) is 5.36. The smallest absolute Gasteiger partial charge is 0.335 e. The summed E-state index contributed by atoms with van der Waals surface area (Å²) in [5, 5.41) is 36.9. The molecule has 2 aromatic carbocycles. The van der Waals surface area contributed by atoms with Gasteiger partial charge in [0.15, 0.2) is 0 Å². The van der Waals surface area contributed by atoms with Gasteiger partial charge >= 0.3 is 11.9 Å². The highest BCUT2D eigenvalue weighted by Gasteiger charge is 2.39. The van der Waals surface area contributed by atoms with Gasteiger partial charge in [-0.25, -0.2) is 9.59 Å². The Balaban J connectivity index is 0.000000489. The van der Waals surface area contributed by atoms with Crippen LogP contribution in [0.25, 0.3) is 0 Å². The molecule has 33 heavy (non-hydrogen) atoms. The van der Waals surface area contributed by atoms with Gasteiger partial charge in [-0.1, -0.05) is 69.2 Å². The minimum Gasteiger partial charge on any atom is -0.478 e. The largest absolute Gasteiger partial charge is 0.478 e. The molecule has 0 amide bonds. The predicted octanol–water partition coefficient (Wildman–Crippen LogP) is 5.66. The Bertz CT molecular complexity index is 746. The predicted molar refractivity (Wildman–Crippen MR) is 132 cm³/mol. The third kappa shape index (κ3) is 10.9. The zero-order valence-electron chi connectivity index (χ0n) is 19.9. The molecule has 0 radical (unpaired) electrons. The van der Waals surface area contributed by atoms with Crippen molar-refractivity contribution in [3.8, 4) is 0 Å². The lowest BCUT2D eigenvalue weighted by atomic mass is 9.70. The van der Waals surface area contributed by atoms with Gasteiger partial charge in [0.25, 0.3) is 0 Å². The van der Waals surface area contributed by atoms with Crippen LogP contribution >= 0.6 is 0 Å². The number of carboxylic acid groups (broad SMARTS) is 2. The Kier molecular flexibility index (Phi) is 15.1. The summed E-state index contributed by atoms with van der Waals surface area (Å²) in [6.07, 6.45) is 5.05. The van der Waals surface area contributed by atoms with E-state index in [9.17, 15) is 19.8 Å². The number of aliphatic hydroxyl groups excluding tert-OH is 2. The number of aromatic carboxylic acids is 2. The summed E-state index contributed by atoms with van der Waals surface area (Å²) in [7, 11) is 0. The Morgan fingerprint density at radius 3 is 1.42 bits per heavy atom. The number of carbonyl (C=O) groups is 2. The van der Waals surface area contributed by atoms with Crippen LogP contribution in [-0.4, -0.2) is 44.6 Å². The molecule has 182 valence electrons. The molecule has 2 unspecified atom stereocenters. The van der Waals surface area contributed by atoms with Gasteiger partial charge in [-0.05, 0) is 50.5 Å². The van der Waals surface area contributed by atoms with E-state index in [1.807, 2.05) is 0 Å². The minimum absolute atomic E-state index is 0.331. The summed E-state index contributed by atoms with van der Waals surface area (Å²) in [4.78, 5) is 20.4. The number of benzene rings is 2. The molecule has 6 nitrogen and oxygen atoms in total. The van der Waals surface area contributed by atoms with Gasteiger partial charge in [0.05, 0.1) is 23.3 Å². The summed E-state index contributed by atoms with van der Waals surface area (Å²) in [6.45, 7) is 9.62. The number of rotatable bonds is 10. The Hall–Kier alpha value is -2.96. The van der Waals surface area contributed by atoms with Crippen molar-refractivity contribution >= 4 is 11.9 Å². The Labute approximate surface area is 197 Å². The van der Waals surface area contributed by atoms with Crippen LogP contribution < -0.4 is 0 Å². The quantitative estimate of drug-likeness (QED) is 0.342. The van der Waals surface area contributed by atoms with E-state index in [0.717, 1.165) is 25.7 Å². The molecule has 2 atom stereocenters. The van der Waals surface area contributed by atoms with E-state index in [4.69, 9.17) is 10.2 Å². The average molecular weight is 459 g/mol. The van der Waals surface area contributed by atoms with E-state index >= 15 is 0 Å². The molecular formula is C27H38O6. The van der Waals surface area contributed by atoms with Crippen molar-refractivity contribution in [1.29, 1.82) is 0 Å². The van der Waals surface area contributed by atoms with E-state index in [-0.39, 0.29) is 5.41 Å². The summed E-state index contributed by atoms with van der Waals surface area (Å²) in [5.74, 6) is -1.76. The maximum absolute atomic E-state index is 10.2. The van der Waals surface area contributed by atoms with Crippen LogP contribution in [0.2, 0.25) is 0 Å². The Morgan fingerprint density at radius 1 is 0.848 bits per heavy atom. The van der Waals surface area contributed by atoms with Crippen molar-refractivity contribution in [2.45, 2.75) is 65.1 Å². The summed E-state index contributed by atoms with van der Waals surface area (Å²) in [5.41, 5.74) is 0.313. The molecule has 0 saturated carbocycles. The van der Waals surface area contributed by atoms with Crippen molar-refractivity contribution in [3.63, 3.8) is 0 Å². The van der Waals surface area contributed by atoms with Crippen molar-refractivity contribution in [3.05, 3.63) is 84.4 Å². The van der Waals surface area contributed by atoms with Crippen molar-refractivity contribution in [2.24, 2.45) is 5.41 Å². The zero-order chi connectivity index (χ0) is 25.3. The molecular weight excluding hydrogens is 420 g/mol. The van der Waals surface area contributed by atoms with Crippen molar-refractivity contribution in [2.75, 3.05) is 0 Å². The fraction of sp³-hybridized carbons (Fsp3) is 0.407. The first-order valence-electron chi connectivity index (χ1n) is 11.2. The van der Waals surface area contributed by atoms with Gasteiger partial charge in [0.2, 0.25) is 0 Å². The first-order chi connectivity index (χ1) is 15.7. The molecule has 6 heteroatoms. The molecule has 0 aliphatic heterocycles. The number of aliphatic hydroxyl groups is 2. The van der Waals surface area contributed by atoms with Gasteiger partial charge in [0, 0.05) is 5.41 Å². The van der Waals surface area contributed by atoms with Crippen LogP contribution in [0, 0.1) is 5.41 Å². The van der Waals surface area contributed by atoms with E-state index in [1.165, 1.54) is 0 Å². The summed E-state index contributed by atoms with van der Waals surface area (Å²) >= 11 is 0. The van der Waals surface area contributed by atoms with Gasteiger partial charge in [-0.2, -0.15) is 0 Å². The van der Waals surface area contributed by atoms with Gasteiger partial charge in [-0.3, -0.25) is 0 Å². The van der Waals surface area contributed by atoms with Gasteiger partial charge in [0.1, 0.15) is 0 Å². The van der Waals surface area contributed by atoms with E-state index < -0.39 is 24.1 Å². The second-order valence-corrected chi connectivity index (χ2v) is 7.79. The summed E-state index contributed by atoms with van der Waals surface area (Å²) < 4.78 is 0. The molecule has 0 spiro atoms. The highest BCUT2D eigenvalue weighted by Crippen LogP contribution is 2.38. The second-order valence-electron chi connectivity index (χ2n) is 7.79. The van der Waals surface area contributed by atoms with E-state index in [1.54, 1.807) is 73.7 Å². The monoisotopic (exact) mass is 458 g/mol. The molecule has 0 heterocycles. The number of hydrogen-bond acceptors (Lipinski definition) is 4. The van der Waals surface area contributed by atoms with Gasteiger partial charge < -0.3 is 20.4 Å². The highest BCUT2D eigenvalue weighted by molar-refractivity contribution is 5.87. The number of carboxylic acids is 2. The standard InChI is InChI=1S/C13H26O2.2C7H6O2/c1-5-8-12(15)13(9-6-2,10-7-3)11(4)14;2*8-7(9)6-4-2-1-3-5-6/h5,11-12,14-15H,1,6-10H2,2-4H3;2*1-5H,(H,8,9). The minimum atomic E-state index is -0.879. The van der Waals surface area contributed by atoms with Crippen LogP contribution in [0.15, 0.2) is 73.3 Å². The number of hydrogen-bond donors (Lipinski definition) is 4. The molecule has 0 aliphatic carbocycles. The van der Waals surface area contributed by atoms with Crippen LogP contribution in [0.5, 0.6) is 0 Å². The molecule has 2 aromatic rings. The highest BCUT2D eigenvalue weighted by atomic mass is 16.4. The molecule has 0 aromatic heterocycles. The SMILES string of the molecule is C=CCC(O)C(CCC)(CCC)C(C)O.O=C(O)c1ccccc1.O=C(O)c1ccccc1. The summed E-state index contributed by atoms with van der Waals surface area (Å²) in [6, 6.07) is 16.6. The first-order valence-corrected chi connectivity index (χ1v) is 11.2. The van der Waals surface area contributed by atoms with Crippen LogP contribution in [-0.2, 0) is 0 Å². The second kappa shape index (κ2) is 16.6. The van der Waals surface area contributed by atoms with E-state index in [2.05, 4.69) is 20.4 Å². The maximum atomic E-state index is 10.2. The first kappa shape index (κ1) is 30.0. The van der Waals surface area contributed by atoms with Crippen molar-refractivity contribution in [1.82, 2.24) is 0 Å². The molecule has 0 saturated heterocycles. The van der Waals surface area contributed by atoms with Crippen LogP contribution in [0.4, 0.5) is 0 Å².